The van der Waals surface area contributed by atoms with Crippen molar-refractivity contribution in [2.75, 3.05) is 6.61 Å². The average molecular weight is 213 g/mol. The average Bonchev–Trinajstić information content (AvgIpc) is 2.60. The van der Waals surface area contributed by atoms with Crippen molar-refractivity contribution in [2.24, 2.45) is 11.1 Å². The van der Waals surface area contributed by atoms with E-state index in [-0.39, 0.29) is 11.5 Å². The van der Waals surface area contributed by atoms with Gasteiger partial charge in [0.1, 0.15) is 6.61 Å². The zero-order valence-electron chi connectivity index (χ0n) is 9.78. The Morgan fingerprint density at radius 2 is 2.13 bits per heavy atom. The summed E-state index contributed by atoms with van der Waals surface area (Å²) in [6.45, 7) is 9.00. The summed E-state index contributed by atoms with van der Waals surface area (Å²) in [4.78, 5) is 4.19. The van der Waals surface area contributed by atoms with Gasteiger partial charge in [-0.3, -0.25) is 0 Å². The van der Waals surface area contributed by atoms with Crippen LogP contribution in [-0.2, 0) is 11.3 Å². The molecule has 0 radical (unpaired) electrons. The van der Waals surface area contributed by atoms with Gasteiger partial charge in [-0.2, -0.15) is 4.98 Å². The van der Waals surface area contributed by atoms with Gasteiger partial charge in [0.05, 0.1) is 6.04 Å². The molecular formula is C10H19N3O2. The van der Waals surface area contributed by atoms with Crippen LogP contribution >= 0.6 is 0 Å². The van der Waals surface area contributed by atoms with Crippen LogP contribution in [-0.4, -0.2) is 16.7 Å². The fraction of sp³-hybridized carbons (Fsp3) is 0.800. The SMILES string of the molecule is CCOCc1nc(C(N)C(C)(C)C)no1. The molecule has 0 bridgehead atoms. The molecule has 2 N–H and O–H groups in total. The van der Waals surface area contributed by atoms with E-state index in [2.05, 4.69) is 10.1 Å². The lowest BCUT2D eigenvalue weighted by Gasteiger charge is -2.23. The molecular weight excluding hydrogens is 194 g/mol. The molecule has 5 heteroatoms. The molecule has 0 aliphatic carbocycles. The third-order valence-electron chi connectivity index (χ3n) is 2.12. The minimum absolute atomic E-state index is 0.0766. The van der Waals surface area contributed by atoms with E-state index in [4.69, 9.17) is 15.0 Å². The summed E-state index contributed by atoms with van der Waals surface area (Å²) >= 11 is 0. The van der Waals surface area contributed by atoms with E-state index in [1.54, 1.807) is 0 Å². The first-order valence-electron chi connectivity index (χ1n) is 5.11. The van der Waals surface area contributed by atoms with Crippen LogP contribution in [0.4, 0.5) is 0 Å². The Balaban J connectivity index is 2.67. The third kappa shape index (κ3) is 3.28. The van der Waals surface area contributed by atoms with Gasteiger partial charge in [-0.05, 0) is 12.3 Å². The van der Waals surface area contributed by atoms with Crippen LogP contribution in [0.25, 0.3) is 0 Å². The summed E-state index contributed by atoms with van der Waals surface area (Å²) < 4.78 is 10.2. The molecule has 1 aromatic rings. The highest BCUT2D eigenvalue weighted by Gasteiger charge is 2.26. The topological polar surface area (TPSA) is 74.2 Å². The Morgan fingerprint density at radius 3 is 2.67 bits per heavy atom. The maximum absolute atomic E-state index is 5.99. The fourth-order valence-electron chi connectivity index (χ4n) is 1.03. The van der Waals surface area contributed by atoms with E-state index in [0.717, 1.165) is 0 Å². The van der Waals surface area contributed by atoms with Crippen molar-refractivity contribution in [3.8, 4) is 0 Å². The Morgan fingerprint density at radius 1 is 1.47 bits per heavy atom. The molecule has 0 saturated heterocycles. The van der Waals surface area contributed by atoms with Crippen LogP contribution in [0, 0.1) is 5.41 Å². The summed E-state index contributed by atoms with van der Waals surface area (Å²) in [5.41, 5.74) is 5.91. The van der Waals surface area contributed by atoms with E-state index >= 15 is 0 Å². The van der Waals surface area contributed by atoms with Gasteiger partial charge in [0.15, 0.2) is 5.82 Å². The fourth-order valence-corrected chi connectivity index (χ4v) is 1.03. The van der Waals surface area contributed by atoms with Crippen molar-refractivity contribution in [1.29, 1.82) is 0 Å². The lowest BCUT2D eigenvalue weighted by molar-refractivity contribution is 0.109. The molecule has 0 saturated carbocycles. The standard InChI is InChI=1S/C10H19N3O2/c1-5-14-6-7-12-9(13-15-7)8(11)10(2,3)4/h8H,5-6,11H2,1-4H3. The van der Waals surface area contributed by atoms with Gasteiger partial charge in [0, 0.05) is 6.61 Å². The number of hydrogen-bond acceptors (Lipinski definition) is 5. The Labute approximate surface area is 90.0 Å². The van der Waals surface area contributed by atoms with Crippen molar-refractivity contribution in [3.63, 3.8) is 0 Å². The molecule has 5 nitrogen and oxygen atoms in total. The van der Waals surface area contributed by atoms with E-state index in [9.17, 15) is 0 Å². The molecule has 1 aromatic heterocycles. The summed E-state index contributed by atoms with van der Waals surface area (Å²) in [7, 11) is 0. The molecule has 1 heterocycles. The molecule has 0 aliphatic rings. The molecule has 0 amide bonds. The highest BCUT2D eigenvalue weighted by molar-refractivity contribution is 4.97. The lowest BCUT2D eigenvalue weighted by Crippen LogP contribution is -2.27. The van der Waals surface area contributed by atoms with E-state index in [1.165, 1.54) is 0 Å². The normalized spacial score (nSPS) is 14.2. The number of aromatic nitrogens is 2. The first-order chi connectivity index (χ1) is 6.95. The highest BCUT2D eigenvalue weighted by Crippen LogP contribution is 2.28. The van der Waals surface area contributed by atoms with Gasteiger partial charge in [0.2, 0.25) is 0 Å². The number of hydrogen-bond donors (Lipinski definition) is 1. The number of nitrogens with two attached hydrogens (primary N) is 1. The molecule has 0 spiro atoms. The predicted octanol–water partition coefficient (Wildman–Crippen LogP) is 1.65. The van der Waals surface area contributed by atoms with Crippen molar-refractivity contribution in [2.45, 2.75) is 40.3 Å². The first kappa shape index (κ1) is 12.1. The number of rotatable bonds is 4. The smallest absolute Gasteiger partial charge is 0.252 e. The summed E-state index contributed by atoms with van der Waals surface area (Å²) in [5, 5.41) is 3.84. The molecule has 15 heavy (non-hydrogen) atoms. The van der Waals surface area contributed by atoms with E-state index in [0.29, 0.717) is 24.9 Å². The van der Waals surface area contributed by atoms with E-state index < -0.39 is 0 Å². The zero-order chi connectivity index (χ0) is 11.5. The summed E-state index contributed by atoms with van der Waals surface area (Å²) in [6.07, 6.45) is 0. The Hall–Kier alpha value is -0.940. The predicted molar refractivity (Wildman–Crippen MR) is 56.0 cm³/mol. The van der Waals surface area contributed by atoms with Crippen molar-refractivity contribution in [1.82, 2.24) is 10.1 Å². The number of ether oxygens (including phenoxy) is 1. The molecule has 1 rings (SSSR count). The molecule has 0 aromatic carbocycles. The van der Waals surface area contributed by atoms with Crippen LogP contribution < -0.4 is 5.73 Å². The summed E-state index contributed by atoms with van der Waals surface area (Å²) in [6, 6.07) is -0.225. The maximum Gasteiger partial charge on any atom is 0.252 e. The Kier molecular flexibility index (Phi) is 3.82. The molecule has 0 aliphatic heterocycles. The van der Waals surface area contributed by atoms with Gasteiger partial charge >= 0.3 is 0 Å². The third-order valence-corrected chi connectivity index (χ3v) is 2.12. The monoisotopic (exact) mass is 213 g/mol. The van der Waals surface area contributed by atoms with Crippen LogP contribution in [0.15, 0.2) is 4.52 Å². The van der Waals surface area contributed by atoms with Crippen LogP contribution in [0.1, 0.15) is 45.5 Å². The largest absolute Gasteiger partial charge is 0.372 e. The van der Waals surface area contributed by atoms with Gasteiger partial charge in [-0.1, -0.05) is 25.9 Å². The minimum atomic E-state index is -0.225. The van der Waals surface area contributed by atoms with Crippen molar-refractivity contribution in [3.05, 3.63) is 11.7 Å². The second-order valence-corrected chi connectivity index (χ2v) is 4.53. The minimum Gasteiger partial charge on any atom is -0.372 e. The van der Waals surface area contributed by atoms with E-state index in [1.807, 2.05) is 27.7 Å². The molecule has 1 atom stereocenters. The van der Waals surface area contributed by atoms with Gasteiger partial charge in [0.25, 0.3) is 5.89 Å². The van der Waals surface area contributed by atoms with Gasteiger partial charge < -0.3 is 15.0 Å². The van der Waals surface area contributed by atoms with Gasteiger partial charge in [-0.15, -0.1) is 0 Å². The lowest BCUT2D eigenvalue weighted by atomic mass is 9.87. The van der Waals surface area contributed by atoms with Crippen LogP contribution in [0.5, 0.6) is 0 Å². The Bertz CT molecular complexity index is 304. The van der Waals surface area contributed by atoms with Crippen molar-refractivity contribution < 1.29 is 9.26 Å². The van der Waals surface area contributed by atoms with Gasteiger partial charge in [-0.25, -0.2) is 0 Å². The molecule has 0 fully saturated rings. The quantitative estimate of drug-likeness (QED) is 0.823. The van der Waals surface area contributed by atoms with Crippen molar-refractivity contribution >= 4 is 0 Å². The van der Waals surface area contributed by atoms with Crippen LogP contribution in [0.3, 0.4) is 0 Å². The molecule has 86 valence electrons. The molecule has 1 unspecified atom stereocenters. The first-order valence-corrected chi connectivity index (χ1v) is 5.11. The second-order valence-electron chi connectivity index (χ2n) is 4.53. The van der Waals surface area contributed by atoms with Crippen LogP contribution in [0.2, 0.25) is 0 Å². The second kappa shape index (κ2) is 4.72. The number of nitrogens with zero attached hydrogens (tertiary/aromatic N) is 2. The highest BCUT2D eigenvalue weighted by atomic mass is 16.5. The summed E-state index contributed by atoms with van der Waals surface area (Å²) in [5.74, 6) is 1.02. The maximum atomic E-state index is 5.99. The zero-order valence-corrected chi connectivity index (χ0v) is 9.78.